The smallest absolute Gasteiger partial charge is 0.224 e. The summed E-state index contributed by atoms with van der Waals surface area (Å²) in [5, 5.41) is 3.15. The van der Waals surface area contributed by atoms with Gasteiger partial charge >= 0.3 is 0 Å². The van der Waals surface area contributed by atoms with E-state index in [-0.39, 0.29) is 42.7 Å². The van der Waals surface area contributed by atoms with Gasteiger partial charge in [-0.1, -0.05) is 12.8 Å². The maximum atomic E-state index is 12.3. The highest BCUT2D eigenvalue weighted by molar-refractivity contribution is 5.85. The summed E-state index contributed by atoms with van der Waals surface area (Å²) in [6.45, 7) is 4.66. The van der Waals surface area contributed by atoms with E-state index in [2.05, 4.69) is 10.2 Å². The Hall–Kier alpha value is -0.0300. The van der Waals surface area contributed by atoms with Crippen LogP contribution in [-0.2, 0) is 4.79 Å². The lowest BCUT2D eigenvalue weighted by molar-refractivity contribution is -0.127. The molecule has 1 amide bonds. The monoisotopic (exact) mass is 379 g/mol. The molecule has 0 aromatic carbocycles. The normalized spacial score (nSPS) is 32.0. The molecular weight excluding hydrogens is 345 g/mol. The predicted molar refractivity (Wildman–Crippen MR) is 104 cm³/mol. The summed E-state index contributed by atoms with van der Waals surface area (Å²) >= 11 is 0. The highest BCUT2D eigenvalue weighted by Crippen LogP contribution is 2.47. The third-order valence-electron chi connectivity index (χ3n) is 6.18. The van der Waals surface area contributed by atoms with Crippen LogP contribution in [0.15, 0.2) is 0 Å². The van der Waals surface area contributed by atoms with Gasteiger partial charge in [0.2, 0.25) is 5.91 Å². The third-order valence-corrected chi connectivity index (χ3v) is 6.18. The zero-order valence-electron chi connectivity index (χ0n) is 14.8. The van der Waals surface area contributed by atoms with Crippen LogP contribution < -0.4 is 11.1 Å². The lowest BCUT2D eigenvalue weighted by atomic mass is 9.84. The topological polar surface area (TPSA) is 58.4 Å². The number of carbonyl (C=O) groups is 1. The van der Waals surface area contributed by atoms with Crippen molar-refractivity contribution in [2.45, 2.75) is 63.8 Å². The van der Waals surface area contributed by atoms with Crippen molar-refractivity contribution in [2.24, 2.45) is 23.5 Å². The number of carbonyl (C=O) groups excluding carboxylic acids is 1. The summed E-state index contributed by atoms with van der Waals surface area (Å²) < 4.78 is 0. The second-order valence-corrected chi connectivity index (χ2v) is 7.69. The van der Waals surface area contributed by atoms with E-state index in [9.17, 15) is 4.79 Å². The summed E-state index contributed by atoms with van der Waals surface area (Å²) in [4.78, 5) is 14.9. The van der Waals surface area contributed by atoms with Crippen molar-refractivity contribution < 1.29 is 4.79 Å². The van der Waals surface area contributed by atoms with Gasteiger partial charge in [-0.05, 0) is 76.4 Å². The first-order chi connectivity index (χ1) is 10.8. The van der Waals surface area contributed by atoms with Crippen LogP contribution in [0.4, 0.5) is 0 Å². The molecule has 0 aromatic rings. The molecule has 2 saturated carbocycles. The van der Waals surface area contributed by atoms with Gasteiger partial charge in [0.05, 0.1) is 5.92 Å². The SMILES string of the molecule is Cl.Cl.NC1C2CCC(C2)C1C(=O)NCCCCCN1CCCCC1. The molecule has 4 unspecified atom stereocenters. The average Bonchev–Trinajstić information content (AvgIpc) is 3.12. The molecular formula is C18H35Cl2N3O. The molecule has 4 atom stereocenters. The minimum atomic E-state index is 0. The van der Waals surface area contributed by atoms with Crippen LogP contribution in [0.25, 0.3) is 0 Å². The zero-order valence-corrected chi connectivity index (χ0v) is 16.4. The molecule has 0 aromatic heterocycles. The Bertz CT molecular complexity index is 375. The molecule has 2 aliphatic carbocycles. The lowest BCUT2D eigenvalue weighted by Crippen LogP contribution is -2.45. The number of nitrogens with zero attached hydrogens (tertiary/aromatic N) is 1. The van der Waals surface area contributed by atoms with Crippen LogP contribution in [0.1, 0.15) is 57.8 Å². The van der Waals surface area contributed by atoms with E-state index in [1.807, 2.05) is 0 Å². The second kappa shape index (κ2) is 10.8. The number of nitrogens with two attached hydrogens (primary N) is 1. The minimum Gasteiger partial charge on any atom is -0.356 e. The minimum absolute atomic E-state index is 0. The van der Waals surface area contributed by atoms with Crippen LogP contribution in [0, 0.1) is 17.8 Å². The first-order valence-electron chi connectivity index (χ1n) is 9.51. The van der Waals surface area contributed by atoms with Crippen molar-refractivity contribution in [2.75, 3.05) is 26.2 Å². The average molecular weight is 380 g/mol. The van der Waals surface area contributed by atoms with Crippen LogP contribution in [0.5, 0.6) is 0 Å². The lowest BCUT2D eigenvalue weighted by Gasteiger charge is -2.27. The molecule has 1 saturated heterocycles. The molecule has 0 radical (unpaired) electrons. The summed E-state index contributed by atoms with van der Waals surface area (Å²) in [7, 11) is 0. The maximum absolute atomic E-state index is 12.3. The number of amides is 1. The van der Waals surface area contributed by atoms with Crippen LogP contribution in [0.3, 0.4) is 0 Å². The molecule has 3 fully saturated rings. The van der Waals surface area contributed by atoms with Crippen molar-refractivity contribution >= 4 is 30.7 Å². The van der Waals surface area contributed by atoms with Gasteiger partial charge in [0.1, 0.15) is 0 Å². The first-order valence-corrected chi connectivity index (χ1v) is 9.51. The summed E-state index contributed by atoms with van der Waals surface area (Å²) in [5.74, 6) is 1.52. The summed E-state index contributed by atoms with van der Waals surface area (Å²) in [6.07, 6.45) is 11.4. The fraction of sp³-hybridized carbons (Fsp3) is 0.944. The molecule has 6 heteroatoms. The number of rotatable bonds is 7. The Morgan fingerprint density at radius 2 is 1.71 bits per heavy atom. The molecule has 1 aliphatic heterocycles. The van der Waals surface area contributed by atoms with Crippen molar-refractivity contribution in [1.29, 1.82) is 0 Å². The van der Waals surface area contributed by atoms with Crippen LogP contribution >= 0.6 is 24.8 Å². The quantitative estimate of drug-likeness (QED) is 0.668. The Kier molecular flexibility index (Phi) is 9.95. The van der Waals surface area contributed by atoms with Crippen LogP contribution in [-0.4, -0.2) is 43.0 Å². The number of fused-ring (bicyclic) bond motifs is 2. The summed E-state index contributed by atoms with van der Waals surface area (Å²) in [5.41, 5.74) is 6.23. The van der Waals surface area contributed by atoms with Crippen molar-refractivity contribution in [1.82, 2.24) is 10.2 Å². The van der Waals surface area contributed by atoms with E-state index in [0.717, 1.165) is 13.0 Å². The second-order valence-electron chi connectivity index (χ2n) is 7.69. The fourth-order valence-corrected chi connectivity index (χ4v) is 4.87. The largest absolute Gasteiger partial charge is 0.356 e. The fourth-order valence-electron chi connectivity index (χ4n) is 4.87. The Morgan fingerprint density at radius 1 is 1.00 bits per heavy atom. The molecule has 142 valence electrons. The van der Waals surface area contributed by atoms with E-state index in [0.29, 0.717) is 11.8 Å². The van der Waals surface area contributed by atoms with Gasteiger partial charge in [0, 0.05) is 12.6 Å². The van der Waals surface area contributed by atoms with E-state index in [4.69, 9.17) is 5.73 Å². The van der Waals surface area contributed by atoms with E-state index in [1.165, 1.54) is 71.0 Å². The highest BCUT2D eigenvalue weighted by atomic mass is 35.5. The zero-order chi connectivity index (χ0) is 15.4. The standard InChI is InChI=1S/C18H33N3O.2ClH/c19-17-15-8-7-14(13-15)16(17)18(22)20-9-3-1-4-10-21-11-5-2-6-12-21;;/h14-17H,1-13,19H2,(H,20,22);2*1H. The van der Waals surface area contributed by atoms with Gasteiger partial charge in [-0.2, -0.15) is 0 Å². The number of hydrogen-bond acceptors (Lipinski definition) is 3. The molecule has 2 bridgehead atoms. The molecule has 3 rings (SSSR count). The number of likely N-dealkylation sites (tertiary alicyclic amines) is 1. The third kappa shape index (κ3) is 5.48. The van der Waals surface area contributed by atoms with E-state index < -0.39 is 0 Å². The predicted octanol–water partition coefficient (Wildman–Crippen LogP) is 2.98. The molecule has 3 N–H and O–H groups in total. The van der Waals surface area contributed by atoms with Gasteiger partial charge in [-0.25, -0.2) is 0 Å². The van der Waals surface area contributed by atoms with Gasteiger partial charge in [0.15, 0.2) is 0 Å². The number of hydrogen-bond donors (Lipinski definition) is 2. The maximum Gasteiger partial charge on any atom is 0.224 e. The molecule has 1 heterocycles. The van der Waals surface area contributed by atoms with Gasteiger partial charge in [0.25, 0.3) is 0 Å². The Morgan fingerprint density at radius 3 is 2.38 bits per heavy atom. The van der Waals surface area contributed by atoms with Crippen molar-refractivity contribution in [3.8, 4) is 0 Å². The Labute approximate surface area is 159 Å². The van der Waals surface area contributed by atoms with E-state index in [1.54, 1.807) is 0 Å². The summed E-state index contributed by atoms with van der Waals surface area (Å²) in [6, 6.07) is 0.123. The van der Waals surface area contributed by atoms with Gasteiger partial charge in [-0.15, -0.1) is 24.8 Å². The molecule has 24 heavy (non-hydrogen) atoms. The van der Waals surface area contributed by atoms with Crippen LogP contribution in [0.2, 0.25) is 0 Å². The molecule has 4 nitrogen and oxygen atoms in total. The van der Waals surface area contributed by atoms with Gasteiger partial charge in [-0.3, -0.25) is 4.79 Å². The van der Waals surface area contributed by atoms with Gasteiger partial charge < -0.3 is 16.0 Å². The highest BCUT2D eigenvalue weighted by Gasteiger charge is 2.48. The molecule has 3 aliphatic rings. The van der Waals surface area contributed by atoms with Crippen molar-refractivity contribution in [3.63, 3.8) is 0 Å². The molecule has 0 spiro atoms. The Balaban J connectivity index is 0.00000144. The van der Waals surface area contributed by atoms with Crippen molar-refractivity contribution in [3.05, 3.63) is 0 Å². The first kappa shape index (κ1) is 22.0. The van der Waals surface area contributed by atoms with E-state index >= 15 is 0 Å². The number of nitrogens with one attached hydrogen (secondary N) is 1. The number of piperidine rings is 1. The number of unbranched alkanes of at least 4 members (excludes halogenated alkanes) is 2. The number of halogens is 2.